The maximum absolute atomic E-state index is 5.72. The third-order valence-corrected chi connectivity index (χ3v) is 3.71. The molecule has 0 unspecified atom stereocenters. The second kappa shape index (κ2) is 6.35. The Morgan fingerprint density at radius 2 is 2.33 bits per heavy atom. The Bertz CT molecular complexity index is 485. The van der Waals surface area contributed by atoms with Crippen molar-refractivity contribution in [3.63, 3.8) is 0 Å². The highest BCUT2D eigenvalue weighted by atomic mass is 32.2. The number of nitrogens with two attached hydrogens (primary N) is 1. The Kier molecular flexibility index (Phi) is 4.52. The molecule has 4 nitrogen and oxygen atoms in total. The molecule has 1 aromatic carbocycles. The molecular weight excluding hydrogens is 246 g/mol. The molecule has 0 saturated carbocycles. The number of nitrogen functional groups attached to an aromatic ring is 1. The smallest absolute Gasteiger partial charge is 0.134 e. The van der Waals surface area contributed by atoms with Crippen molar-refractivity contribution in [1.29, 1.82) is 0 Å². The van der Waals surface area contributed by atoms with Crippen molar-refractivity contribution < 1.29 is 4.74 Å². The van der Waals surface area contributed by atoms with Gasteiger partial charge in [0, 0.05) is 35.6 Å². The van der Waals surface area contributed by atoms with Gasteiger partial charge in [-0.1, -0.05) is 0 Å². The second-order valence-corrected chi connectivity index (χ2v) is 5.05. The molecule has 2 N–H and O–H groups in total. The normalized spacial score (nSPS) is 10.5. The molecule has 0 aliphatic heterocycles. The molecule has 1 aromatic heterocycles. The fraction of sp³-hybridized carbons (Fsp3) is 0.308. The highest BCUT2D eigenvalue weighted by molar-refractivity contribution is 7.99. The number of ether oxygens (including phenoxy) is 1. The summed E-state index contributed by atoms with van der Waals surface area (Å²) in [6.07, 6.45) is 6.72. The largest absolute Gasteiger partial charge is 0.496 e. The Morgan fingerprint density at radius 1 is 1.44 bits per heavy atom. The van der Waals surface area contributed by atoms with Gasteiger partial charge in [0.1, 0.15) is 5.75 Å². The zero-order valence-corrected chi connectivity index (χ0v) is 11.2. The van der Waals surface area contributed by atoms with Gasteiger partial charge in [-0.25, -0.2) is 4.98 Å². The lowest BCUT2D eigenvalue weighted by Gasteiger charge is -2.09. The van der Waals surface area contributed by atoms with E-state index in [0.717, 1.165) is 35.1 Å². The first-order valence-corrected chi connectivity index (χ1v) is 6.80. The highest BCUT2D eigenvalue weighted by Crippen LogP contribution is 2.31. The van der Waals surface area contributed by atoms with Crippen LogP contribution in [0.25, 0.3) is 0 Å². The molecule has 0 bridgehead atoms. The van der Waals surface area contributed by atoms with Gasteiger partial charge >= 0.3 is 0 Å². The number of benzene rings is 1. The summed E-state index contributed by atoms with van der Waals surface area (Å²) in [4.78, 5) is 5.15. The van der Waals surface area contributed by atoms with Crippen LogP contribution in [-0.4, -0.2) is 22.4 Å². The molecule has 0 saturated heterocycles. The fourth-order valence-corrected chi connectivity index (χ4v) is 2.59. The van der Waals surface area contributed by atoms with Crippen molar-refractivity contribution in [1.82, 2.24) is 9.55 Å². The van der Waals surface area contributed by atoms with Crippen molar-refractivity contribution in [2.75, 3.05) is 18.6 Å². The zero-order valence-electron chi connectivity index (χ0n) is 10.4. The Morgan fingerprint density at radius 3 is 3.06 bits per heavy atom. The molecule has 0 spiro atoms. The van der Waals surface area contributed by atoms with E-state index in [1.807, 2.05) is 30.7 Å². The van der Waals surface area contributed by atoms with E-state index in [9.17, 15) is 0 Å². The number of thioether (sulfide) groups is 1. The Hall–Kier alpha value is -1.62. The molecule has 2 aromatic rings. The van der Waals surface area contributed by atoms with Gasteiger partial charge in [0.2, 0.25) is 0 Å². The van der Waals surface area contributed by atoms with Gasteiger partial charge in [-0.3, -0.25) is 0 Å². The van der Waals surface area contributed by atoms with E-state index >= 15 is 0 Å². The van der Waals surface area contributed by atoms with Gasteiger partial charge in [-0.15, -0.1) is 11.8 Å². The predicted molar refractivity (Wildman–Crippen MR) is 75.0 cm³/mol. The van der Waals surface area contributed by atoms with Crippen LogP contribution in [0.15, 0.2) is 41.8 Å². The molecule has 0 radical (unpaired) electrons. The Balaban J connectivity index is 1.83. The lowest BCUT2D eigenvalue weighted by atomic mass is 10.3. The number of methoxy groups -OCH3 is 1. The number of imidazole rings is 1. The van der Waals surface area contributed by atoms with Crippen molar-refractivity contribution in [2.45, 2.75) is 17.9 Å². The summed E-state index contributed by atoms with van der Waals surface area (Å²) in [5.74, 6) is 1.89. The minimum atomic E-state index is 0.731. The topological polar surface area (TPSA) is 53.1 Å². The number of aromatic nitrogens is 2. The van der Waals surface area contributed by atoms with Crippen molar-refractivity contribution >= 4 is 17.4 Å². The first-order chi connectivity index (χ1) is 8.79. The van der Waals surface area contributed by atoms with Crippen molar-refractivity contribution in [3.05, 3.63) is 36.9 Å². The third kappa shape index (κ3) is 3.43. The standard InChI is InChI=1S/C13H17N3OS/c1-17-12-9-11(14)3-4-13(12)18-8-2-6-16-7-5-15-10-16/h3-5,7,9-10H,2,6,8,14H2,1H3. The first kappa shape index (κ1) is 12.8. The summed E-state index contributed by atoms with van der Waals surface area (Å²) in [6, 6.07) is 5.77. The maximum atomic E-state index is 5.72. The van der Waals surface area contributed by atoms with Crippen molar-refractivity contribution in [3.8, 4) is 5.75 Å². The molecule has 2 rings (SSSR count). The summed E-state index contributed by atoms with van der Waals surface area (Å²) < 4.78 is 7.40. The number of hydrogen-bond acceptors (Lipinski definition) is 4. The van der Waals surface area contributed by atoms with E-state index < -0.39 is 0 Å². The van der Waals surface area contributed by atoms with Crippen molar-refractivity contribution in [2.24, 2.45) is 0 Å². The molecule has 5 heteroatoms. The quantitative estimate of drug-likeness (QED) is 0.494. The fourth-order valence-electron chi connectivity index (χ4n) is 1.65. The summed E-state index contributed by atoms with van der Waals surface area (Å²) in [5, 5.41) is 0. The lowest BCUT2D eigenvalue weighted by Crippen LogP contribution is -1.96. The lowest BCUT2D eigenvalue weighted by molar-refractivity contribution is 0.405. The summed E-state index contributed by atoms with van der Waals surface area (Å²) >= 11 is 1.79. The SMILES string of the molecule is COc1cc(N)ccc1SCCCn1ccnc1. The van der Waals surface area contributed by atoms with Crippen LogP contribution in [0.4, 0.5) is 5.69 Å². The van der Waals surface area contributed by atoms with Crippen LogP contribution in [0, 0.1) is 0 Å². The van der Waals surface area contributed by atoms with E-state index in [2.05, 4.69) is 9.55 Å². The first-order valence-electron chi connectivity index (χ1n) is 5.81. The van der Waals surface area contributed by atoms with Gasteiger partial charge in [-0.2, -0.15) is 0 Å². The van der Waals surface area contributed by atoms with Crippen LogP contribution in [0.2, 0.25) is 0 Å². The van der Waals surface area contributed by atoms with E-state index in [0.29, 0.717) is 0 Å². The number of nitrogens with zero attached hydrogens (tertiary/aromatic N) is 2. The van der Waals surface area contributed by atoms with E-state index in [-0.39, 0.29) is 0 Å². The van der Waals surface area contributed by atoms with Crippen LogP contribution in [0.3, 0.4) is 0 Å². The molecule has 0 fully saturated rings. The van der Waals surface area contributed by atoms with E-state index in [1.165, 1.54) is 0 Å². The van der Waals surface area contributed by atoms with E-state index in [1.54, 1.807) is 25.1 Å². The second-order valence-electron chi connectivity index (χ2n) is 3.91. The average Bonchev–Trinajstić information content (AvgIpc) is 2.89. The molecule has 1 heterocycles. The van der Waals surface area contributed by atoms with Crippen LogP contribution in [-0.2, 0) is 6.54 Å². The van der Waals surface area contributed by atoms with Crippen LogP contribution < -0.4 is 10.5 Å². The molecule has 0 amide bonds. The van der Waals surface area contributed by atoms with Gasteiger partial charge < -0.3 is 15.0 Å². The van der Waals surface area contributed by atoms with Crippen LogP contribution in [0.1, 0.15) is 6.42 Å². The predicted octanol–water partition coefficient (Wildman–Crippen LogP) is 2.66. The number of aryl methyl sites for hydroxylation is 1. The third-order valence-electron chi connectivity index (χ3n) is 2.57. The molecule has 0 aliphatic carbocycles. The average molecular weight is 263 g/mol. The number of anilines is 1. The molecular formula is C13H17N3OS. The van der Waals surface area contributed by atoms with Crippen LogP contribution in [0.5, 0.6) is 5.75 Å². The number of hydrogen-bond donors (Lipinski definition) is 1. The zero-order chi connectivity index (χ0) is 12.8. The van der Waals surface area contributed by atoms with Gasteiger partial charge in [0.15, 0.2) is 0 Å². The Labute approximate surface area is 111 Å². The molecule has 0 atom stereocenters. The minimum absolute atomic E-state index is 0.731. The summed E-state index contributed by atoms with van der Waals surface area (Å²) in [7, 11) is 1.67. The minimum Gasteiger partial charge on any atom is -0.496 e. The summed E-state index contributed by atoms with van der Waals surface area (Å²) in [5.41, 5.74) is 6.45. The van der Waals surface area contributed by atoms with Gasteiger partial charge in [0.05, 0.1) is 13.4 Å². The monoisotopic (exact) mass is 263 g/mol. The van der Waals surface area contributed by atoms with Gasteiger partial charge in [-0.05, 0) is 24.3 Å². The molecule has 18 heavy (non-hydrogen) atoms. The molecule has 96 valence electrons. The summed E-state index contributed by atoms with van der Waals surface area (Å²) in [6.45, 7) is 0.990. The maximum Gasteiger partial charge on any atom is 0.134 e. The van der Waals surface area contributed by atoms with Crippen LogP contribution >= 0.6 is 11.8 Å². The van der Waals surface area contributed by atoms with E-state index in [4.69, 9.17) is 10.5 Å². The molecule has 0 aliphatic rings. The van der Waals surface area contributed by atoms with Gasteiger partial charge in [0.25, 0.3) is 0 Å². The number of rotatable bonds is 6. The highest BCUT2D eigenvalue weighted by Gasteiger charge is 2.03.